The van der Waals surface area contributed by atoms with Gasteiger partial charge in [0.15, 0.2) is 0 Å². The predicted molar refractivity (Wildman–Crippen MR) is 66.5 cm³/mol. The molecular formula is C12H16BrNO2. The van der Waals surface area contributed by atoms with E-state index in [0.717, 1.165) is 35.4 Å². The minimum absolute atomic E-state index is 0.0186. The molecule has 0 amide bonds. The average molecular weight is 286 g/mol. The van der Waals surface area contributed by atoms with E-state index in [1.54, 1.807) is 7.11 Å². The summed E-state index contributed by atoms with van der Waals surface area (Å²) in [6.07, 6.45) is 1.02. The van der Waals surface area contributed by atoms with Gasteiger partial charge < -0.3 is 15.2 Å². The number of ether oxygens (including phenoxy) is 2. The monoisotopic (exact) mass is 285 g/mol. The van der Waals surface area contributed by atoms with Crippen molar-refractivity contribution in [1.29, 1.82) is 0 Å². The molecule has 88 valence electrons. The van der Waals surface area contributed by atoms with Gasteiger partial charge in [0.2, 0.25) is 0 Å². The third kappa shape index (κ3) is 2.39. The Kier molecular flexibility index (Phi) is 3.84. The quantitative estimate of drug-likeness (QED) is 0.928. The Hall–Kier alpha value is -0.580. The Morgan fingerprint density at radius 3 is 3.00 bits per heavy atom. The third-order valence-corrected chi connectivity index (χ3v) is 3.52. The first-order valence-electron chi connectivity index (χ1n) is 5.39. The van der Waals surface area contributed by atoms with Crippen LogP contribution in [0, 0.1) is 5.92 Å². The fraction of sp³-hybridized carbons (Fsp3) is 0.500. The van der Waals surface area contributed by atoms with Crippen LogP contribution in [-0.2, 0) is 4.74 Å². The van der Waals surface area contributed by atoms with Crippen LogP contribution in [0.25, 0.3) is 0 Å². The van der Waals surface area contributed by atoms with Crippen molar-refractivity contribution in [1.82, 2.24) is 0 Å². The smallest absolute Gasteiger partial charge is 0.123 e. The lowest BCUT2D eigenvalue weighted by Gasteiger charge is -2.20. The molecule has 3 nitrogen and oxygen atoms in total. The van der Waals surface area contributed by atoms with E-state index in [4.69, 9.17) is 15.2 Å². The van der Waals surface area contributed by atoms with E-state index in [2.05, 4.69) is 15.9 Å². The highest BCUT2D eigenvalue weighted by atomic mass is 79.9. The van der Waals surface area contributed by atoms with Gasteiger partial charge in [-0.05, 0) is 24.6 Å². The number of nitrogens with two attached hydrogens (primary N) is 1. The van der Waals surface area contributed by atoms with E-state index in [1.807, 2.05) is 18.2 Å². The molecule has 1 saturated heterocycles. The summed E-state index contributed by atoms with van der Waals surface area (Å²) in [5.41, 5.74) is 7.31. The molecule has 2 atom stereocenters. The molecule has 0 radical (unpaired) electrons. The second kappa shape index (κ2) is 5.17. The van der Waals surface area contributed by atoms with E-state index >= 15 is 0 Å². The van der Waals surface area contributed by atoms with Crippen molar-refractivity contribution in [2.75, 3.05) is 20.3 Å². The molecule has 4 heteroatoms. The Morgan fingerprint density at radius 2 is 2.38 bits per heavy atom. The van der Waals surface area contributed by atoms with E-state index in [-0.39, 0.29) is 6.04 Å². The first kappa shape index (κ1) is 11.9. The van der Waals surface area contributed by atoms with E-state index in [0.29, 0.717) is 5.92 Å². The maximum atomic E-state index is 6.26. The third-order valence-electron chi connectivity index (χ3n) is 3.02. The molecule has 1 fully saturated rings. The van der Waals surface area contributed by atoms with E-state index in [1.165, 1.54) is 0 Å². The van der Waals surface area contributed by atoms with Crippen molar-refractivity contribution >= 4 is 15.9 Å². The fourth-order valence-electron chi connectivity index (χ4n) is 2.06. The van der Waals surface area contributed by atoms with Crippen molar-refractivity contribution in [3.05, 3.63) is 28.2 Å². The van der Waals surface area contributed by atoms with Gasteiger partial charge in [0.05, 0.1) is 13.7 Å². The normalized spacial score (nSPS) is 22.1. The highest BCUT2D eigenvalue weighted by Gasteiger charge is 2.26. The number of hydrogen-bond donors (Lipinski definition) is 1. The maximum Gasteiger partial charge on any atom is 0.123 e. The minimum Gasteiger partial charge on any atom is -0.496 e. The highest BCUT2D eigenvalue weighted by Crippen LogP contribution is 2.34. The van der Waals surface area contributed by atoms with Gasteiger partial charge in [0, 0.05) is 28.6 Å². The van der Waals surface area contributed by atoms with Crippen molar-refractivity contribution in [2.24, 2.45) is 11.7 Å². The molecule has 2 rings (SSSR count). The molecule has 0 aromatic heterocycles. The first-order chi connectivity index (χ1) is 7.72. The van der Waals surface area contributed by atoms with Crippen molar-refractivity contribution < 1.29 is 9.47 Å². The summed E-state index contributed by atoms with van der Waals surface area (Å²) >= 11 is 3.46. The summed E-state index contributed by atoms with van der Waals surface area (Å²) in [5.74, 6) is 1.24. The summed E-state index contributed by atoms with van der Waals surface area (Å²) < 4.78 is 11.7. The second-order valence-corrected chi connectivity index (χ2v) is 4.95. The molecule has 1 aromatic carbocycles. The van der Waals surface area contributed by atoms with Crippen LogP contribution in [-0.4, -0.2) is 20.3 Å². The Balaban J connectivity index is 2.26. The average Bonchev–Trinajstić information content (AvgIpc) is 2.81. The molecule has 1 aromatic rings. The van der Waals surface area contributed by atoms with Crippen LogP contribution in [0.2, 0.25) is 0 Å². The van der Waals surface area contributed by atoms with Gasteiger partial charge in [0.25, 0.3) is 0 Å². The Labute approximate surface area is 104 Å². The fourth-order valence-corrected chi connectivity index (χ4v) is 2.43. The van der Waals surface area contributed by atoms with Crippen molar-refractivity contribution in [3.8, 4) is 5.75 Å². The molecule has 2 N–H and O–H groups in total. The largest absolute Gasteiger partial charge is 0.496 e. The SMILES string of the molecule is COc1ccc(Br)cc1C(N)C1CCOC1. The van der Waals surface area contributed by atoms with Gasteiger partial charge in [-0.2, -0.15) is 0 Å². The molecule has 1 aliphatic rings. The van der Waals surface area contributed by atoms with Crippen molar-refractivity contribution in [3.63, 3.8) is 0 Å². The summed E-state index contributed by atoms with van der Waals surface area (Å²) in [7, 11) is 1.67. The topological polar surface area (TPSA) is 44.5 Å². The van der Waals surface area contributed by atoms with Crippen molar-refractivity contribution in [2.45, 2.75) is 12.5 Å². The van der Waals surface area contributed by atoms with Crippen LogP contribution >= 0.6 is 15.9 Å². The number of hydrogen-bond acceptors (Lipinski definition) is 3. The first-order valence-corrected chi connectivity index (χ1v) is 6.18. The zero-order valence-electron chi connectivity index (χ0n) is 9.28. The van der Waals surface area contributed by atoms with E-state index < -0.39 is 0 Å². The van der Waals surface area contributed by atoms with Gasteiger partial charge in [-0.1, -0.05) is 15.9 Å². The summed E-state index contributed by atoms with van der Waals surface area (Å²) in [5, 5.41) is 0. The number of halogens is 1. The van der Waals surface area contributed by atoms with Crippen LogP contribution in [0.1, 0.15) is 18.0 Å². The van der Waals surface area contributed by atoms with Crippen LogP contribution < -0.4 is 10.5 Å². The predicted octanol–water partition coefficient (Wildman–Crippen LogP) is 2.49. The number of benzene rings is 1. The molecule has 0 saturated carbocycles. The lowest BCUT2D eigenvalue weighted by atomic mass is 9.92. The van der Waals surface area contributed by atoms with Gasteiger partial charge in [-0.15, -0.1) is 0 Å². The Morgan fingerprint density at radius 1 is 1.56 bits per heavy atom. The molecule has 0 spiro atoms. The van der Waals surface area contributed by atoms with Gasteiger partial charge in [-0.25, -0.2) is 0 Å². The maximum absolute atomic E-state index is 6.26. The van der Waals surface area contributed by atoms with Crippen LogP contribution in [0.15, 0.2) is 22.7 Å². The minimum atomic E-state index is -0.0186. The molecule has 1 aliphatic heterocycles. The van der Waals surface area contributed by atoms with Gasteiger partial charge in [0.1, 0.15) is 5.75 Å². The van der Waals surface area contributed by atoms with Crippen LogP contribution in [0.4, 0.5) is 0 Å². The summed E-state index contributed by atoms with van der Waals surface area (Å²) in [6.45, 7) is 1.56. The standard InChI is InChI=1S/C12H16BrNO2/c1-15-11-3-2-9(13)6-10(11)12(14)8-4-5-16-7-8/h2-3,6,8,12H,4-5,7,14H2,1H3. The summed E-state index contributed by atoms with van der Waals surface area (Å²) in [6, 6.07) is 5.91. The highest BCUT2D eigenvalue weighted by molar-refractivity contribution is 9.10. The van der Waals surface area contributed by atoms with Crippen LogP contribution in [0.5, 0.6) is 5.75 Å². The molecular weight excluding hydrogens is 270 g/mol. The lowest BCUT2D eigenvalue weighted by Crippen LogP contribution is -2.22. The number of rotatable bonds is 3. The molecule has 0 aliphatic carbocycles. The van der Waals surface area contributed by atoms with Gasteiger partial charge >= 0.3 is 0 Å². The Bertz CT molecular complexity index is 364. The molecule has 1 heterocycles. The van der Waals surface area contributed by atoms with Crippen LogP contribution in [0.3, 0.4) is 0 Å². The molecule has 2 unspecified atom stereocenters. The molecule has 16 heavy (non-hydrogen) atoms. The van der Waals surface area contributed by atoms with E-state index in [9.17, 15) is 0 Å². The second-order valence-electron chi connectivity index (χ2n) is 4.04. The molecule has 0 bridgehead atoms. The number of methoxy groups -OCH3 is 1. The summed E-state index contributed by atoms with van der Waals surface area (Å²) in [4.78, 5) is 0. The van der Waals surface area contributed by atoms with Gasteiger partial charge in [-0.3, -0.25) is 0 Å². The zero-order valence-corrected chi connectivity index (χ0v) is 10.9. The lowest BCUT2D eigenvalue weighted by molar-refractivity contribution is 0.180. The zero-order chi connectivity index (χ0) is 11.5.